The maximum Gasteiger partial charge on any atom is 0.254 e. The van der Waals surface area contributed by atoms with Gasteiger partial charge in [0.15, 0.2) is 0 Å². The molecular formula is C18H23ClN2O. The zero-order chi connectivity index (χ0) is 14.7. The lowest BCUT2D eigenvalue weighted by molar-refractivity contribution is 0.0692. The van der Waals surface area contributed by atoms with E-state index in [1.807, 2.05) is 35.2 Å². The van der Waals surface area contributed by atoms with Gasteiger partial charge in [-0.25, -0.2) is 0 Å². The van der Waals surface area contributed by atoms with Crippen LogP contribution < -0.4 is 5.32 Å². The number of hydrogen-bond acceptors (Lipinski definition) is 2. The molecular weight excluding hydrogens is 296 g/mol. The van der Waals surface area contributed by atoms with Gasteiger partial charge >= 0.3 is 0 Å². The summed E-state index contributed by atoms with van der Waals surface area (Å²) < 4.78 is 0. The minimum Gasteiger partial charge on any atom is -0.334 e. The minimum atomic E-state index is 0. The van der Waals surface area contributed by atoms with Gasteiger partial charge in [0.1, 0.15) is 0 Å². The highest BCUT2D eigenvalue weighted by molar-refractivity contribution is 5.98. The molecule has 2 aromatic rings. The summed E-state index contributed by atoms with van der Waals surface area (Å²) in [4.78, 5) is 14.9. The van der Waals surface area contributed by atoms with E-state index in [0.29, 0.717) is 6.04 Å². The van der Waals surface area contributed by atoms with Crippen LogP contribution in [0.1, 0.15) is 30.1 Å². The molecule has 1 fully saturated rings. The molecule has 1 atom stereocenters. The van der Waals surface area contributed by atoms with Gasteiger partial charge in [-0.3, -0.25) is 4.79 Å². The fraction of sp³-hybridized carbons (Fsp3) is 0.389. The number of hydrogen-bond donors (Lipinski definition) is 1. The summed E-state index contributed by atoms with van der Waals surface area (Å²) in [6.45, 7) is 4.89. The summed E-state index contributed by atoms with van der Waals surface area (Å²) in [7, 11) is 0. The second-order valence-electron chi connectivity index (χ2n) is 5.71. The van der Waals surface area contributed by atoms with E-state index in [1.54, 1.807) is 0 Å². The van der Waals surface area contributed by atoms with Crippen molar-refractivity contribution >= 4 is 29.1 Å². The molecule has 1 aliphatic rings. The van der Waals surface area contributed by atoms with Crippen molar-refractivity contribution < 1.29 is 4.79 Å². The molecule has 1 aliphatic heterocycles. The van der Waals surface area contributed by atoms with E-state index >= 15 is 0 Å². The summed E-state index contributed by atoms with van der Waals surface area (Å²) in [5, 5.41) is 5.66. The van der Waals surface area contributed by atoms with E-state index in [4.69, 9.17) is 0 Å². The molecule has 1 unspecified atom stereocenters. The van der Waals surface area contributed by atoms with E-state index in [2.05, 4.69) is 24.4 Å². The number of nitrogens with zero attached hydrogens (tertiary/aromatic N) is 1. The predicted molar refractivity (Wildman–Crippen MR) is 93.8 cm³/mol. The normalized spacial score (nSPS) is 17.2. The Morgan fingerprint density at radius 1 is 1.23 bits per heavy atom. The smallest absolute Gasteiger partial charge is 0.254 e. The summed E-state index contributed by atoms with van der Waals surface area (Å²) >= 11 is 0. The summed E-state index contributed by atoms with van der Waals surface area (Å²) in [6.07, 6.45) is 2.05. The van der Waals surface area contributed by atoms with Crippen LogP contribution in [-0.2, 0) is 0 Å². The SMILES string of the molecule is CCCN(C(=O)c1ccc2ccccc2c1)C1CCNC1.Cl. The molecule has 0 radical (unpaired) electrons. The quantitative estimate of drug-likeness (QED) is 0.936. The van der Waals surface area contributed by atoms with E-state index in [0.717, 1.165) is 43.4 Å². The molecule has 0 spiro atoms. The molecule has 3 nitrogen and oxygen atoms in total. The van der Waals surface area contributed by atoms with Crippen molar-refractivity contribution in [2.75, 3.05) is 19.6 Å². The van der Waals surface area contributed by atoms with Crippen molar-refractivity contribution in [2.24, 2.45) is 0 Å². The average molecular weight is 319 g/mol. The lowest BCUT2D eigenvalue weighted by Crippen LogP contribution is -2.42. The molecule has 1 N–H and O–H groups in total. The topological polar surface area (TPSA) is 32.3 Å². The molecule has 0 aliphatic carbocycles. The molecule has 1 saturated heterocycles. The molecule has 1 heterocycles. The standard InChI is InChI=1S/C18H22N2O.ClH/c1-2-11-20(17-9-10-19-13-17)18(21)16-8-7-14-5-3-4-6-15(14)12-16;/h3-8,12,17,19H,2,9-11,13H2,1H3;1H. The van der Waals surface area contributed by atoms with Crippen molar-refractivity contribution in [1.29, 1.82) is 0 Å². The van der Waals surface area contributed by atoms with Crippen molar-refractivity contribution in [3.63, 3.8) is 0 Å². The van der Waals surface area contributed by atoms with E-state index in [9.17, 15) is 4.79 Å². The van der Waals surface area contributed by atoms with Crippen LogP contribution in [0.15, 0.2) is 42.5 Å². The van der Waals surface area contributed by atoms with Crippen LogP contribution in [0.3, 0.4) is 0 Å². The van der Waals surface area contributed by atoms with Gasteiger partial charge in [-0.05, 0) is 42.3 Å². The lowest BCUT2D eigenvalue weighted by Gasteiger charge is -2.28. The highest BCUT2D eigenvalue weighted by Gasteiger charge is 2.26. The monoisotopic (exact) mass is 318 g/mol. The maximum atomic E-state index is 12.9. The Kier molecular flexibility index (Phi) is 5.81. The van der Waals surface area contributed by atoms with Gasteiger partial charge < -0.3 is 10.2 Å². The van der Waals surface area contributed by atoms with Gasteiger partial charge in [0.2, 0.25) is 0 Å². The zero-order valence-corrected chi connectivity index (χ0v) is 13.7. The molecule has 22 heavy (non-hydrogen) atoms. The van der Waals surface area contributed by atoms with Crippen molar-refractivity contribution in [3.8, 4) is 0 Å². The van der Waals surface area contributed by atoms with Crippen molar-refractivity contribution in [2.45, 2.75) is 25.8 Å². The van der Waals surface area contributed by atoms with Crippen LogP contribution in [0.25, 0.3) is 10.8 Å². The van der Waals surface area contributed by atoms with Crippen molar-refractivity contribution in [3.05, 3.63) is 48.0 Å². The maximum absolute atomic E-state index is 12.9. The van der Waals surface area contributed by atoms with Gasteiger partial charge in [0.25, 0.3) is 5.91 Å². The number of carbonyl (C=O) groups is 1. The predicted octanol–water partition coefficient (Wildman–Crippen LogP) is 3.48. The van der Waals surface area contributed by atoms with Gasteiger partial charge in [0.05, 0.1) is 0 Å². The minimum absolute atomic E-state index is 0. The number of halogens is 1. The first kappa shape index (κ1) is 16.8. The Hall–Kier alpha value is -1.58. The molecule has 4 heteroatoms. The van der Waals surface area contributed by atoms with Crippen LogP contribution in [0, 0.1) is 0 Å². The third-order valence-electron chi connectivity index (χ3n) is 4.20. The zero-order valence-electron chi connectivity index (χ0n) is 12.9. The molecule has 2 aromatic carbocycles. The number of nitrogens with one attached hydrogen (secondary N) is 1. The molecule has 118 valence electrons. The Bertz CT molecular complexity index is 638. The molecule has 0 bridgehead atoms. The van der Waals surface area contributed by atoms with Gasteiger partial charge in [-0.2, -0.15) is 0 Å². The highest BCUT2D eigenvalue weighted by atomic mass is 35.5. The Morgan fingerprint density at radius 2 is 2.00 bits per heavy atom. The Morgan fingerprint density at radius 3 is 2.68 bits per heavy atom. The summed E-state index contributed by atoms with van der Waals surface area (Å²) in [6, 6.07) is 14.5. The van der Waals surface area contributed by atoms with Gasteiger partial charge in [-0.15, -0.1) is 12.4 Å². The average Bonchev–Trinajstić information content (AvgIpc) is 3.05. The van der Waals surface area contributed by atoms with E-state index < -0.39 is 0 Å². The molecule has 0 saturated carbocycles. The largest absolute Gasteiger partial charge is 0.334 e. The fourth-order valence-corrected chi connectivity index (χ4v) is 3.08. The second-order valence-corrected chi connectivity index (χ2v) is 5.71. The fourth-order valence-electron chi connectivity index (χ4n) is 3.08. The number of amides is 1. The first-order chi connectivity index (χ1) is 10.3. The number of carbonyl (C=O) groups excluding carboxylic acids is 1. The van der Waals surface area contributed by atoms with E-state index in [1.165, 1.54) is 5.39 Å². The summed E-state index contributed by atoms with van der Waals surface area (Å²) in [5.41, 5.74) is 0.800. The van der Waals surface area contributed by atoms with Crippen molar-refractivity contribution in [1.82, 2.24) is 10.2 Å². The first-order valence-corrected chi connectivity index (χ1v) is 7.80. The lowest BCUT2D eigenvalue weighted by atomic mass is 10.1. The van der Waals surface area contributed by atoms with Crippen LogP contribution in [0.2, 0.25) is 0 Å². The van der Waals surface area contributed by atoms with Crippen LogP contribution >= 0.6 is 12.4 Å². The third-order valence-corrected chi connectivity index (χ3v) is 4.20. The number of fused-ring (bicyclic) bond motifs is 1. The highest BCUT2D eigenvalue weighted by Crippen LogP contribution is 2.19. The Labute approximate surface area is 138 Å². The summed E-state index contributed by atoms with van der Waals surface area (Å²) in [5.74, 6) is 0.163. The first-order valence-electron chi connectivity index (χ1n) is 7.80. The molecule has 3 rings (SSSR count). The van der Waals surface area contributed by atoms with Gasteiger partial charge in [0, 0.05) is 24.7 Å². The van der Waals surface area contributed by atoms with Gasteiger partial charge in [-0.1, -0.05) is 37.3 Å². The third kappa shape index (κ3) is 3.42. The molecule has 0 aromatic heterocycles. The molecule has 1 amide bonds. The second kappa shape index (κ2) is 7.61. The van der Waals surface area contributed by atoms with Crippen LogP contribution in [0.5, 0.6) is 0 Å². The number of rotatable bonds is 4. The van der Waals surface area contributed by atoms with E-state index in [-0.39, 0.29) is 18.3 Å². The number of benzene rings is 2. The van der Waals surface area contributed by atoms with Crippen LogP contribution in [0.4, 0.5) is 0 Å². The Balaban J connectivity index is 0.00000176. The van der Waals surface area contributed by atoms with Crippen LogP contribution in [-0.4, -0.2) is 36.5 Å².